The van der Waals surface area contributed by atoms with E-state index in [4.69, 9.17) is 19.4 Å². The Morgan fingerprint density at radius 3 is 1.65 bits per heavy atom. The summed E-state index contributed by atoms with van der Waals surface area (Å²) < 4.78 is 6.66. The molecule has 0 fully saturated rings. The van der Waals surface area contributed by atoms with E-state index in [-0.39, 0.29) is 0 Å². The van der Waals surface area contributed by atoms with Gasteiger partial charge in [-0.3, -0.25) is 0 Å². The van der Waals surface area contributed by atoms with Crippen LogP contribution in [0.2, 0.25) is 0 Å². The van der Waals surface area contributed by atoms with Crippen molar-refractivity contribution in [2.75, 3.05) is 0 Å². The molecule has 57 heavy (non-hydrogen) atoms. The summed E-state index contributed by atoms with van der Waals surface area (Å²) in [6.45, 7) is 0. The van der Waals surface area contributed by atoms with Gasteiger partial charge in [-0.25, -0.2) is 15.0 Å². The van der Waals surface area contributed by atoms with E-state index in [2.05, 4.69) is 170 Å². The van der Waals surface area contributed by atoms with Crippen molar-refractivity contribution in [2.24, 2.45) is 0 Å². The minimum atomic E-state index is 0.656. The average molecular weight is 728 g/mol. The predicted octanol–water partition coefficient (Wildman–Crippen LogP) is 14.1. The van der Waals surface area contributed by atoms with Gasteiger partial charge in [0.1, 0.15) is 11.2 Å². The van der Waals surface area contributed by atoms with Crippen molar-refractivity contribution in [3.05, 3.63) is 200 Å². The second-order valence-electron chi connectivity index (χ2n) is 14.3. The molecule has 266 valence electrons. The number of benzene rings is 8. The highest BCUT2D eigenvalue weighted by Gasteiger charge is 2.22. The van der Waals surface area contributed by atoms with Crippen molar-refractivity contribution >= 4 is 43.6 Å². The maximum absolute atomic E-state index is 6.66. The Labute approximate surface area is 329 Å². The van der Waals surface area contributed by atoms with Gasteiger partial charge in [-0.1, -0.05) is 164 Å². The van der Waals surface area contributed by atoms with Gasteiger partial charge in [0.15, 0.2) is 5.82 Å². The van der Waals surface area contributed by atoms with E-state index < -0.39 is 0 Å². The first-order valence-corrected chi connectivity index (χ1v) is 19.2. The summed E-state index contributed by atoms with van der Waals surface area (Å²) in [5, 5.41) is 5.40. The largest absolute Gasteiger partial charge is 0.456 e. The van der Waals surface area contributed by atoms with E-state index in [0.717, 1.165) is 105 Å². The van der Waals surface area contributed by atoms with Crippen molar-refractivity contribution in [1.82, 2.24) is 15.0 Å². The Morgan fingerprint density at radius 2 is 0.877 bits per heavy atom. The molecule has 0 aliphatic carbocycles. The SMILES string of the molecule is c1ccc(-c2cccc(-c3cc(-c4ccccc4)nc(-c4cccc(-c5c6c(cc7c(-c8ccccc8)nc8ccccc8c57)oc5ccccc56)c4)n3)c2)cc1. The van der Waals surface area contributed by atoms with Gasteiger partial charge in [0, 0.05) is 54.7 Å². The molecule has 3 aromatic heterocycles. The van der Waals surface area contributed by atoms with E-state index in [1.807, 2.05) is 30.3 Å². The lowest BCUT2D eigenvalue weighted by Crippen LogP contribution is -1.97. The molecule has 3 heterocycles. The van der Waals surface area contributed by atoms with E-state index in [1.54, 1.807) is 0 Å². The summed E-state index contributed by atoms with van der Waals surface area (Å²) in [6, 6.07) is 69.6. The van der Waals surface area contributed by atoms with Crippen LogP contribution in [0.25, 0.3) is 111 Å². The number of hydrogen-bond donors (Lipinski definition) is 0. The predicted molar refractivity (Wildman–Crippen MR) is 235 cm³/mol. The van der Waals surface area contributed by atoms with Crippen LogP contribution in [0, 0.1) is 0 Å². The zero-order valence-electron chi connectivity index (χ0n) is 30.8. The second-order valence-corrected chi connectivity index (χ2v) is 14.3. The van der Waals surface area contributed by atoms with Crippen LogP contribution in [0.4, 0.5) is 0 Å². The van der Waals surface area contributed by atoms with Gasteiger partial charge in [-0.05, 0) is 53.1 Å². The summed E-state index contributed by atoms with van der Waals surface area (Å²) in [7, 11) is 0. The molecule has 0 aliphatic rings. The van der Waals surface area contributed by atoms with Crippen LogP contribution in [0.1, 0.15) is 0 Å². The Kier molecular flexibility index (Phi) is 7.78. The molecule has 0 N–H and O–H groups in total. The normalized spacial score (nSPS) is 11.5. The molecule has 0 unspecified atom stereocenters. The Morgan fingerprint density at radius 1 is 0.316 bits per heavy atom. The molecule has 11 aromatic rings. The lowest BCUT2D eigenvalue weighted by Gasteiger charge is -2.16. The summed E-state index contributed by atoms with van der Waals surface area (Å²) in [5.74, 6) is 0.656. The number of pyridine rings is 1. The molecule has 4 heteroatoms. The number of para-hydroxylation sites is 2. The number of aromatic nitrogens is 3. The van der Waals surface area contributed by atoms with Crippen LogP contribution in [0.3, 0.4) is 0 Å². The van der Waals surface area contributed by atoms with E-state index in [1.165, 1.54) is 0 Å². The number of nitrogens with zero attached hydrogens (tertiary/aromatic N) is 3. The minimum absolute atomic E-state index is 0.656. The number of fused-ring (bicyclic) bond motifs is 6. The molecule has 0 bridgehead atoms. The van der Waals surface area contributed by atoms with Gasteiger partial charge >= 0.3 is 0 Å². The summed E-state index contributed by atoms with van der Waals surface area (Å²) >= 11 is 0. The molecule has 8 aromatic carbocycles. The summed E-state index contributed by atoms with van der Waals surface area (Å²) in [5.41, 5.74) is 13.7. The lowest BCUT2D eigenvalue weighted by atomic mass is 9.89. The monoisotopic (exact) mass is 727 g/mol. The van der Waals surface area contributed by atoms with Crippen LogP contribution in [-0.4, -0.2) is 15.0 Å². The van der Waals surface area contributed by atoms with E-state index >= 15 is 0 Å². The Hall–Kier alpha value is -7.69. The van der Waals surface area contributed by atoms with Gasteiger partial charge in [0.05, 0.1) is 22.6 Å². The standard InChI is InChI=1S/C53H33N3O/c1-4-16-34(17-5-1)37-22-14-23-38(30-37)46-33-45(35-18-6-2-7-19-35)55-53(56-46)40-25-15-24-39(31-40)49-50-41-26-10-12-28-44(41)54-52(36-20-8-3-9-21-36)43(50)32-48-51(49)42-27-11-13-29-47(42)57-48/h1-33H. The van der Waals surface area contributed by atoms with Crippen molar-refractivity contribution in [3.63, 3.8) is 0 Å². The zero-order valence-corrected chi connectivity index (χ0v) is 30.8. The molecule has 11 rings (SSSR count). The molecule has 0 aliphatic heterocycles. The van der Waals surface area contributed by atoms with Crippen molar-refractivity contribution in [2.45, 2.75) is 0 Å². The molecular formula is C53H33N3O. The first-order chi connectivity index (χ1) is 28.2. The number of furan rings is 1. The number of hydrogen-bond acceptors (Lipinski definition) is 4. The average Bonchev–Trinajstić information content (AvgIpc) is 3.67. The summed E-state index contributed by atoms with van der Waals surface area (Å²) in [6.07, 6.45) is 0. The van der Waals surface area contributed by atoms with Crippen LogP contribution in [0.5, 0.6) is 0 Å². The summed E-state index contributed by atoms with van der Waals surface area (Å²) in [4.78, 5) is 15.8. The zero-order chi connectivity index (χ0) is 37.7. The highest BCUT2D eigenvalue weighted by Crippen LogP contribution is 2.46. The lowest BCUT2D eigenvalue weighted by molar-refractivity contribution is 0.669. The topological polar surface area (TPSA) is 51.8 Å². The van der Waals surface area contributed by atoms with Gasteiger partial charge < -0.3 is 4.42 Å². The van der Waals surface area contributed by atoms with Gasteiger partial charge in [0.25, 0.3) is 0 Å². The maximum atomic E-state index is 6.66. The molecule has 0 spiro atoms. The van der Waals surface area contributed by atoms with Crippen LogP contribution in [0.15, 0.2) is 205 Å². The van der Waals surface area contributed by atoms with Gasteiger partial charge in [-0.2, -0.15) is 0 Å². The molecule has 0 radical (unpaired) electrons. The van der Waals surface area contributed by atoms with Crippen molar-refractivity contribution < 1.29 is 4.42 Å². The first-order valence-electron chi connectivity index (χ1n) is 19.2. The van der Waals surface area contributed by atoms with Crippen LogP contribution >= 0.6 is 0 Å². The third-order valence-corrected chi connectivity index (χ3v) is 10.8. The van der Waals surface area contributed by atoms with Crippen LogP contribution in [-0.2, 0) is 0 Å². The molecular weight excluding hydrogens is 695 g/mol. The molecule has 0 atom stereocenters. The van der Waals surface area contributed by atoms with Crippen molar-refractivity contribution in [3.8, 4) is 67.4 Å². The highest BCUT2D eigenvalue weighted by atomic mass is 16.3. The Bertz CT molecular complexity index is 3280. The minimum Gasteiger partial charge on any atom is -0.456 e. The first kappa shape index (κ1) is 32.7. The molecule has 0 saturated heterocycles. The Balaban J connectivity index is 1.18. The third kappa shape index (κ3) is 5.74. The highest BCUT2D eigenvalue weighted by molar-refractivity contribution is 6.27. The van der Waals surface area contributed by atoms with Crippen molar-refractivity contribution in [1.29, 1.82) is 0 Å². The quantitative estimate of drug-likeness (QED) is 0.160. The smallest absolute Gasteiger partial charge is 0.160 e. The molecule has 0 amide bonds. The van der Waals surface area contributed by atoms with E-state index in [9.17, 15) is 0 Å². The number of rotatable bonds is 6. The maximum Gasteiger partial charge on any atom is 0.160 e. The second kappa shape index (κ2) is 13.6. The fraction of sp³-hybridized carbons (Fsp3) is 0. The fourth-order valence-corrected chi connectivity index (χ4v) is 8.20. The van der Waals surface area contributed by atoms with Gasteiger partial charge in [0.2, 0.25) is 0 Å². The third-order valence-electron chi connectivity index (χ3n) is 10.8. The fourth-order valence-electron chi connectivity index (χ4n) is 8.20. The van der Waals surface area contributed by atoms with Gasteiger partial charge in [-0.15, -0.1) is 0 Å². The van der Waals surface area contributed by atoms with E-state index in [0.29, 0.717) is 5.82 Å². The van der Waals surface area contributed by atoms with Crippen LogP contribution < -0.4 is 0 Å². The molecule has 4 nitrogen and oxygen atoms in total. The molecule has 0 saturated carbocycles.